The van der Waals surface area contributed by atoms with Crippen LogP contribution in [-0.2, 0) is 0 Å². The molecule has 108 valence electrons. The average Bonchev–Trinajstić information content (AvgIpc) is 2.41. The Morgan fingerprint density at radius 2 is 1.90 bits per heavy atom. The van der Waals surface area contributed by atoms with Crippen molar-refractivity contribution in [3.63, 3.8) is 0 Å². The van der Waals surface area contributed by atoms with Gasteiger partial charge in [-0.15, -0.1) is 0 Å². The van der Waals surface area contributed by atoms with Crippen LogP contribution in [0.1, 0.15) is 35.5 Å². The van der Waals surface area contributed by atoms with E-state index < -0.39 is 11.6 Å². The molecular weight excluding hydrogens is 272 g/mol. The van der Waals surface area contributed by atoms with Crippen LogP contribution in [0.5, 0.6) is 0 Å². The Morgan fingerprint density at radius 3 is 2.52 bits per heavy atom. The molecule has 1 N–H and O–H groups in total. The third-order valence-corrected chi connectivity index (χ3v) is 3.26. The van der Waals surface area contributed by atoms with Gasteiger partial charge >= 0.3 is 0 Å². The van der Waals surface area contributed by atoms with E-state index in [1.807, 2.05) is 13.8 Å². The predicted molar refractivity (Wildman–Crippen MR) is 76.8 cm³/mol. The first kappa shape index (κ1) is 14.9. The van der Waals surface area contributed by atoms with E-state index in [0.29, 0.717) is 22.5 Å². The highest BCUT2D eigenvalue weighted by molar-refractivity contribution is 5.60. The molecule has 1 heterocycles. The molecule has 3 nitrogen and oxygen atoms in total. The summed E-state index contributed by atoms with van der Waals surface area (Å²) in [5.74, 6) is -1.76. The zero-order chi connectivity index (χ0) is 15.6. The molecule has 0 saturated heterocycles. The van der Waals surface area contributed by atoms with Crippen LogP contribution in [0.4, 0.5) is 14.5 Å². The fourth-order valence-electron chi connectivity index (χ4n) is 2.18. The number of benzene rings is 1. The summed E-state index contributed by atoms with van der Waals surface area (Å²) in [4.78, 5) is 4.24. The number of nitriles is 1. The third kappa shape index (κ3) is 3.16. The van der Waals surface area contributed by atoms with Crippen molar-refractivity contribution in [1.29, 1.82) is 5.26 Å². The number of rotatable bonds is 3. The van der Waals surface area contributed by atoms with Gasteiger partial charge in [0.15, 0.2) is 11.6 Å². The lowest BCUT2D eigenvalue weighted by Crippen LogP contribution is -2.10. The lowest BCUT2D eigenvalue weighted by Gasteiger charge is -2.18. The van der Waals surface area contributed by atoms with Gasteiger partial charge in [0.25, 0.3) is 0 Å². The smallest absolute Gasteiger partial charge is 0.159 e. The largest absolute Gasteiger partial charge is 0.377 e. The minimum atomic E-state index is -0.885. The topological polar surface area (TPSA) is 48.7 Å². The Balaban J connectivity index is 2.33. The predicted octanol–water partition coefficient (Wildman–Crippen LogP) is 4.02. The number of pyridine rings is 1. The number of nitrogens with one attached hydrogen (secondary N) is 1. The Hall–Kier alpha value is -2.48. The summed E-state index contributed by atoms with van der Waals surface area (Å²) in [6, 6.07) is 7.37. The summed E-state index contributed by atoms with van der Waals surface area (Å²) in [6.07, 6.45) is 0. The van der Waals surface area contributed by atoms with Crippen LogP contribution in [0, 0.1) is 36.8 Å². The highest BCUT2D eigenvalue weighted by atomic mass is 19.2. The van der Waals surface area contributed by atoms with Gasteiger partial charge in [-0.25, -0.2) is 8.78 Å². The molecule has 0 aliphatic carbocycles. The van der Waals surface area contributed by atoms with E-state index in [9.17, 15) is 14.0 Å². The Morgan fingerprint density at radius 1 is 1.19 bits per heavy atom. The standard InChI is InChI=1S/C16H15F2N3/c1-9-6-16(13(8-19)11(3)20-9)21-10(2)12-4-5-14(17)15(18)7-12/h4-7,10H,1-3H3,(H,20,21). The third-order valence-electron chi connectivity index (χ3n) is 3.26. The molecule has 0 aliphatic heterocycles. The molecule has 1 unspecified atom stereocenters. The molecular formula is C16H15F2N3. The van der Waals surface area contributed by atoms with E-state index in [4.69, 9.17) is 0 Å². The van der Waals surface area contributed by atoms with Crippen molar-refractivity contribution in [3.8, 4) is 6.07 Å². The van der Waals surface area contributed by atoms with Crippen LogP contribution in [0.25, 0.3) is 0 Å². The molecule has 0 amide bonds. The van der Waals surface area contributed by atoms with Crippen molar-refractivity contribution >= 4 is 5.69 Å². The van der Waals surface area contributed by atoms with Crippen molar-refractivity contribution in [3.05, 3.63) is 58.4 Å². The summed E-state index contributed by atoms with van der Waals surface area (Å²) in [7, 11) is 0. The second-order valence-electron chi connectivity index (χ2n) is 4.92. The maximum atomic E-state index is 13.3. The highest BCUT2D eigenvalue weighted by Crippen LogP contribution is 2.25. The Bertz CT molecular complexity index is 720. The van der Waals surface area contributed by atoms with E-state index >= 15 is 0 Å². The molecule has 0 fully saturated rings. The molecule has 0 saturated carbocycles. The first-order valence-corrected chi connectivity index (χ1v) is 6.52. The van der Waals surface area contributed by atoms with E-state index in [2.05, 4.69) is 16.4 Å². The van der Waals surface area contributed by atoms with Gasteiger partial charge in [0, 0.05) is 11.7 Å². The first-order valence-electron chi connectivity index (χ1n) is 6.52. The number of halogens is 2. The lowest BCUT2D eigenvalue weighted by atomic mass is 10.1. The second kappa shape index (κ2) is 5.88. The van der Waals surface area contributed by atoms with Crippen molar-refractivity contribution < 1.29 is 8.78 Å². The molecule has 21 heavy (non-hydrogen) atoms. The van der Waals surface area contributed by atoms with Crippen molar-refractivity contribution in [1.82, 2.24) is 4.98 Å². The normalized spacial score (nSPS) is 11.8. The summed E-state index contributed by atoms with van der Waals surface area (Å²) in [5.41, 5.74) is 3.11. The van der Waals surface area contributed by atoms with Crippen molar-refractivity contribution in [2.75, 3.05) is 5.32 Å². The maximum Gasteiger partial charge on any atom is 0.159 e. The van der Waals surface area contributed by atoms with Crippen LogP contribution in [-0.4, -0.2) is 4.98 Å². The zero-order valence-electron chi connectivity index (χ0n) is 12.0. The summed E-state index contributed by atoms with van der Waals surface area (Å²) in [6.45, 7) is 5.42. The molecule has 0 aliphatic rings. The summed E-state index contributed by atoms with van der Waals surface area (Å²) >= 11 is 0. The molecule has 0 spiro atoms. The summed E-state index contributed by atoms with van der Waals surface area (Å²) < 4.78 is 26.3. The van der Waals surface area contributed by atoms with E-state index in [-0.39, 0.29) is 6.04 Å². The molecule has 1 aromatic heterocycles. The zero-order valence-corrected chi connectivity index (χ0v) is 12.0. The number of aromatic nitrogens is 1. The van der Waals surface area contributed by atoms with Crippen LogP contribution in [0.15, 0.2) is 24.3 Å². The SMILES string of the molecule is Cc1cc(NC(C)c2ccc(F)c(F)c2)c(C#N)c(C)n1. The number of hydrogen-bond acceptors (Lipinski definition) is 3. The van der Waals surface area contributed by atoms with Gasteiger partial charge in [-0.1, -0.05) is 6.07 Å². The molecule has 0 bridgehead atoms. The van der Waals surface area contributed by atoms with Gasteiger partial charge in [-0.2, -0.15) is 5.26 Å². The fraction of sp³-hybridized carbons (Fsp3) is 0.250. The summed E-state index contributed by atoms with van der Waals surface area (Å²) in [5, 5.41) is 12.4. The van der Waals surface area contributed by atoms with E-state index in [1.165, 1.54) is 6.07 Å². The molecule has 1 atom stereocenters. The van der Waals surface area contributed by atoms with Crippen LogP contribution < -0.4 is 5.32 Å². The van der Waals surface area contributed by atoms with Gasteiger partial charge in [0.2, 0.25) is 0 Å². The minimum Gasteiger partial charge on any atom is -0.377 e. The van der Waals surface area contributed by atoms with Crippen LogP contribution in [0.2, 0.25) is 0 Å². The fourth-order valence-corrected chi connectivity index (χ4v) is 2.18. The number of anilines is 1. The molecule has 2 rings (SSSR count). The number of aryl methyl sites for hydroxylation is 2. The average molecular weight is 287 g/mol. The first-order chi connectivity index (χ1) is 9.92. The van der Waals surface area contributed by atoms with Gasteiger partial charge in [-0.05, 0) is 44.5 Å². The number of nitrogens with zero attached hydrogens (tertiary/aromatic N) is 2. The van der Waals surface area contributed by atoms with Crippen LogP contribution >= 0.6 is 0 Å². The highest BCUT2D eigenvalue weighted by Gasteiger charge is 2.13. The van der Waals surface area contributed by atoms with Gasteiger partial charge in [-0.3, -0.25) is 4.98 Å². The maximum absolute atomic E-state index is 13.3. The van der Waals surface area contributed by atoms with Crippen molar-refractivity contribution in [2.24, 2.45) is 0 Å². The van der Waals surface area contributed by atoms with E-state index in [1.54, 1.807) is 13.0 Å². The Labute approximate surface area is 122 Å². The molecule has 1 aromatic carbocycles. The molecule has 2 aromatic rings. The Kier molecular flexibility index (Phi) is 4.18. The van der Waals surface area contributed by atoms with Gasteiger partial charge in [0.1, 0.15) is 6.07 Å². The monoisotopic (exact) mass is 287 g/mol. The van der Waals surface area contributed by atoms with Gasteiger partial charge in [0.05, 0.1) is 16.9 Å². The second-order valence-corrected chi connectivity index (χ2v) is 4.92. The lowest BCUT2D eigenvalue weighted by molar-refractivity contribution is 0.506. The van der Waals surface area contributed by atoms with Crippen molar-refractivity contribution in [2.45, 2.75) is 26.8 Å². The molecule has 0 radical (unpaired) electrons. The quantitative estimate of drug-likeness (QED) is 0.927. The minimum absolute atomic E-state index is 0.270. The van der Waals surface area contributed by atoms with E-state index in [0.717, 1.165) is 17.8 Å². The number of hydrogen-bond donors (Lipinski definition) is 1. The molecule has 5 heteroatoms. The van der Waals surface area contributed by atoms with Crippen LogP contribution in [0.3, 0.4) is 0 Å². The van der Waals surface area contributed by atoms with Gasteiger partial charge < -0.3 is 5.32 Å².